The van der Waals surface area contributed by atoms with Crippen LogP contribution in [0.5, 0.6) is 17.2 Å². The van der Waals surface area contributed by atoms with Gasteiger partial charge in [-0.2, -0.15) is 0 Å². The van der Waals surface area contributed by atoms with Crippen molar-refractivity contribution in [2.45, 2.75) is 16.8 Å². The minimum Gasteiger partial charge on any atom is -0.491 e. The zero-order valence-electron chi connectivity index (χ0n) is 16.9. The predicted octanol–water partition coefficient (Wildman–Crippen LogP) is 2.15. The Kier molecular flexibility index (Phi) is 6.33. The molecule has 3 aromatic rings. The molecule has 0 aliphatic carbocycles. The maximum absolute atomic E-state index is 12.6. The van der Waals surface area contributed by atoms with Gasteiger partial charge in [0.15, 0.2) is 27.1 Å². The molecule has 1 aliphatic rings. The molecule has 2 aromatic carbocycles. The highest BCUT2D eigenvalue weighted by Gasteiger charge is 2.23. The van der Waals surface area contributed by atoms with E-state index in [2.05, 4.69) is 5.32 Å². The standard InChI is InChI=1S/C22H21NO8S/c24-16(12-29-17-6-7-19-20(10-17)31-14-30-19)11-23-22(25)21-15(8-9-28-21)13-32(26,27)18-4-2-1-3-5-18/h1-10,16,24H,11-14H2,(H,23,25). The third-order valence-electron chi connectivity index (χ3n) is 4.69. The van der Waals surface area contributed by atoms with E-state index < -0.39 is 21.8 Å². The highest BCUT2D eigenvalue weighted by atomic mass is 32.2. The summed E-state index contributed by atoms with van der Waals surface area (Å²) in [5, 5.41) is 12.7. The average molecular weight is 459 g/mol. The van der Waals surface area contributed by atoms with Crippen LogP contribution in [0, 0.1) is 0 Å². The van der Waals surface area contributed by atoms with Crippen LogP contribution in [0.15, 0.2) is 70.2 Å². The molecule has 0 spiro atoms. The van der Waals surface area contributed by atoms with Gasteiger partial charge in [-0.1, -0.05) is 18.2 Å². The predicted molar refractivity (Wildman–Crippen MR) is 112 cm³/mol. The molecule has 1 amide bonds. The van der Waals surface area contributed by atoms with Crippen molar-refractivity contribution in [3.8, 4) is 17.2 Å². The van der Waals surface area contributed by atoms with Crippen LogP contribution in [0.1, 0.15) is 16.1 Å². The van der Waals surface area contributed by atoms with Crippen molar-refractivity contribution in [3.05, 3.63) is 72.2 Å². The number of rotatable bonds is 9. The van der Waals surface area contributed by atoms with Crippen LogP contribution in [0.3, 0.4) is 0 Å². The molecule has 2 heterocycles. The lowest BCUT2D eigenvalue weighted by Crippen LogP contribution is -2.35. The molecule has 168 valence electrons. The fourth-order valence-corrected chi connectivity index (χ4v) is 4.45. The Balaban J connectivity index is 1.30. The molecule has 32 heavy (non-hydrogen) atoms. The summed E-state index contributed by atoms with van der Waals surface area (Å²) in [5.41, 5.74) is 0.234. The number of aliphatic hydroxyl groups excluding tert-OH is 1. The Morgan fingerprint density at radius 3 is 2.69 bits per heavy atom. The number of carbonyl (C=O) groups excluding carboxylic acids is 1. The zero-order valence-corrected chi connectivity index (χ0v) is 17.7. The lowest BCUT2D eigenvalue weighted by atomic mass is 10.2. The first kappa shape index (κ1) is 21.7. The fraction of sp³-hybridized carbons (Fsp3) is 0.227. The van der Waals surface area contributed by atoms with Gasteiger partial charge in [-0.05, 0) is 30.3 Å². The monoisotopic (exact) mass is 459 g/mol. The number of furan rings is 1. The van der Waals surface area contributed by atoms with Crippen LogP contribution in [0.25, 0.3) is 0 Å². The number of amides is 1. The fourth-order valence-electron chi connectivity index (χ4n) is 3.07. The maximum Gasteiger partial charge on any atom is 0.287 e. The van der Waals surface area contributed by atoms with E-state index in [-0.39, 0.29) is 41.9 Å². The van der Waals surface area contributed by atoms with Crippen LogP contribution in [0.4, 0.5) is 0 Å². The van der Waals surface area contributed by atoms with Gasteiger partial charge in [-0.15, -0.1) is 0 Å². The molecule has 0 fully saturated rings. The quantitative estimate of drug-likeness (QED) is 0.499. The number of sulfone groups is 1. The minimum absolute atomic E-state index is 0.0761. The number of aliphatic hydroxyl groups is 1. The summed E-state index contributed by atoms with van der Waals surface area (Å²) in [7, 11) is -3.64. The molecule has 0 saturated heterocycles. The third-order valence-corrected chi connectivity index (χ3v) is 6.37. The maximum atomic E-state index is 12.6. The molecule has 9 nitrogen and oxygen atoms in total. The van der Waals surface area contributed by atoms with E-state index in [9.17, 15) is 18.3 Å². The lowest BCUT2D eigenvalue weighted by molar-refractivity contribution is 0.0821. The summed E-state index contributed by atoms with van der Waals surface area (Å²) in [4.78, 5) is 12.6. The van der Waals surface area contributed by atoms with Crippen LogP contribution >= 0.6 is 0 Å². The third kappa shape index (κ3) is 5.04. The molecular formula is C22H21NO8S. The second-order valence-electron chi connectivity index (χ2n) is 7.04. The van der Waals surface area contributed by atoms with E-state index in [0.29, 0.717) is 17.2 Å². The Labute approximate surface area is 184 Å². The summed E-state index contributed by atoms with van der Waals surface area (Å²) in [6, 6.07) is 14.4. The van der Waals surface area contributed by atoms with E-state index in [4.69, 9.17) is 18.6 Å². The van der Waals surface area contributed by atoms with Gasteiger partial charge < -0.3 is 29.1 Å². The van der Waals surface area contributed by atoms with Crippen molar-refractivity contribution in [2.75, 3.05) is 19.9 Å². The van der Waals surface area contributed by atoms with Crippen molar-refractivity contribution in [1.82, 2.24) is 5.32 Å². The van der Waals surface area contributed by atoms with Crippen molar-refractivity contribution in [2.24, 2.45) is 0 Å². The number of benzene rings is 2. The van der Waals surface area contributed by atoms with Gasteiger partial charge >= 0.3 is 0 Å². The summed E-state index contributed by atoms with van der Waals surface area (Å²) >= 11 is 0. The van der Waals surface area contributed by atoms with Crippen molar-refractivity contribution >= 4 is 15.7 Å². The number of fused-ring (bicyclic) bond motifs is 1. The zero-order chi connectivity index (χ0) is 22.6. The van der Waals surface area contributed by atoms with Crippen LogP contribution in [-0.2, 0) is 15.6 Å². The van der Waals surface area contributed by atoms with Gasteiger partial charge in [-0.3, -0.25) is 4.79 Å². The molecule has 0 saturated carbocycles. The van der Waals surface area contributed by atoms with Gasteiger partial charge in [0.25, 0.3) is 5.91 Å². The first-order valence-corrected chi connectivity index (χ1v) is 11.4. The topological polar surface area (TPSA) is 124 Å². The Morgan fingerprint density at radius 2 is 1.88 bits per heavy atom. The van der Waals surface area contributed by atoms with Gasteiger partial charge in [0.1, 0.15) is 18.5 Å². The Hall–Kier alpha value is -3.50. The number of hydrogen-bond acceptors (Lipinski definition) is 8. The molecule has 1 atom stereocenters. The second kappa shape index (κ2) is 9.33. The Morgan fingerprint density at radius 1 is 1.09 bits per heavy atom. The first-order valence-electron chi connectivity index (χ1n) is 9.75. The van der Waals surface area contributed by atoms with Gasteiger partial charge in [0.05, 0.1) is 16.9 Å². The molecule has 4 rings (SSSR count). The summed E-state index contributed by atoms with van der Waals surface area (Å²) in [6.07, 6.45) is 0.250. The lowest BCUT2D eigenvalue weighted by Gasteiger charge is -2.13. The van der Waals surface area contributed by atoms with Crippen LogP contribution in [0.2, 0.25) is 0 Å². The van der Waals surface area contributed by atoms with E-state index in [1.165, 1.54) is 24.5 Å². The van der Waals surface area contributed by atoms with E-state index >= 15 is 0 Å². The molecule has 0 bridgehead atoms. The van der Waals surface area contributed by atoms with Crippen molar-refractivity contribution < 1.29 is 36.9 Å². The second-order valence-corrected chi connectivity index (χ2v) is 9.03. The number of nitrogens with one attached hydrogen (secondary N) is 1. The van der Waals surface area contributed by atoms with Crippen molar-refractivity contribution in [1.29, 1.82) is 0 Å². The number of carbonyl (C=O) groups is 1. The van der Waals surface area contributed by atoms with Crippen LogP contribution < -0.4 is 19.5 Å². The number of hydrogen-bond donors (Lipinski definition) is 2. The SMILES string of the molecule is O=C(NCC(O)COc1ccc2c(c1)OCO2)c1occc1CS(=O)(=O)c1ccccc1. The molecule has 1 unspecified atom stereocenters. The summed E-state index contributed by atoms with van der Waals surface area (Å²) in [5.74, 6) is 0.532. The Bertz CT molecular complexity index is 1190. The van der Waals surface area contributed by atoms with E-state index in [0.717, 1.165) is 0 Å². The molecule has 1 aliphatic heterocycles. The van der Waals surface area contributed by atoms with E-state index in [1.54, 1.807) is 36.4 Å². The molecule has 0 radical (unpaired) electrons. The van der Waals surface area contributed by atoms with E-state index in [1.807, 2.05) is 0 Å². The summed E-state index contributed by atoms with van der Waals surface area (Å²) < 4.78 is 46.4. The molecular weight excluding hydrogens is 438 g/mol. The summed E-state index contributed by atoms with van der Waals surface area (Å²) in [6.45, 7) is -0.0445. The van der Waals surface area contributed by atoms with Gasteiger partial charge in [0, 0.05) is 18.2 Å². The minimum atomic E-state index is -3.64. The molecule has 10 heteroatoms. The van der Waals surface area contributed by atoms with Crippen molar-refractivity contribution in [3.63, 3.8) is 0 Å². The molecule has 1 aromatic heterocycles. The smallest absolute Gasteiger partial charge is 0.287 e. The average Bonchev–Trinajstić information content (AvgIpc) is 3.45. The highest BCUT2D eigenvalue weighted by Crippen LogP contribution is 2.35. The van der Waals surface area contributed by atoms with Gasteiger partial charge in [-0.25, -0.2) is 8.42 Å². The highest BCUT2D eigenvalue weighted by molar-refractivity contribution is 7.90. The first-order chi connectivity index (χ1) is 15.4. The van der Waals surface area contributed by atoms with Crippen LogP contribution in [-0.4, -0.2) is 45.5 Å². The molecule has 2 N–H and O–H groups in total. The van der Waals surface area contributed by atoms with Gasteiger partial charge in [0.2, 0.25) is 6.79 Å². The normalized spacial score (nSPS) is 13.5. The number of ether oxygens (including phenoxy) is 3. The largest absolute Gasteiger partial charge is 0.491 e.